The van der Waals surface area contributed by atoms with Gasteiger partial charge in [0.2, 0.25) is 0 Å². The highest BCUT2D eigenvalue weighted by Gasteiger charge is 2.16. The Kier molecular flexibility index (Phi) is 4.92. The zero-order valence-corrected chi connectivity index (χ0v) is 10.1. The van der Waals surface area contributed by atoms with Crippen LogP contribution in [-0.4, -0.2) is 39.4 Å². The van der Waals surface area contributed by atoms with E-state index in [1.165, 1.54) is 6.33 Å². The van der Waals surface area contributed by atoms with Gasteiger partial charge in [-0.1, -0.05) is 25.4 Å². The monoisotopic (exact) mass is 245 g/mol. The fourth-order valence-electron chi connectivity index (χ4n) is 1.34. The molecule has 0 aliphatic carbocycles. The number of hydrogen-bond donors (Lipinski definition) is 3. The Labute approximate surface area is 99.5 Å². The first-order valence-corrected chi connectivity index (χ1v) is 5.46. The maximum absolute atomic E-state index is 8.99. The average Bonchev–Trinajstić information content (AvgIpc) is 2.25. The number of rotatable bonds is 5. The summed E-state index contributed by atoms with van der Waals surface area (Å²) in [6.07, 6.45) is 1.35. The number of nitrogens with zero attached hydrogens (tertiary/aromatic N) is 2. The lowest BCUT2D eigenvalue weighted by molar-refractivity contribution is 0.203. The van der Waals surface area contributed by atoms with Crippen molar-refractivity contribution in [2.24, 2.45) is 0 Å². The minimum absolute atomic E-state index is 0.161. The number of aliphatic hydroxyl groups is 2. The van der Waals surface area contributed by atoms with E-state index < -0.39 is 6.04 Å². The summed E-state index contributed by atoms with van der Waals surface area (Å²) in [6, 6.07) is -0.441. The molecule has 5 nitrogen and oxygen atoms in total. The van der Waals surface area contributed by atoms with E-state index in [2.05, 4.69) is 15.3 Å². The molecular formula is C10H16ClN3O2. The number of halogens is 1. The fourth-order valence-corrected chi connectivity index (χ4v) is 1.69. The first-order valence-electron chi connectivity index (χ1n) is 5.08. The van der Waals surface area contributed by atoms with Gasteiger partial charge in [-0.25, -0.2) is 9.97 Å². The Morgan fingerprint density at radius 2 is 1.94 bits per heavy atom. The van der Waals surface area contributed by atoms with E-state index in [9.17, 15) is 0 Å². The lowest BCUT2D eigenvalue weighted by Crippen LogP contribution is -2.29. The number of hydrogen-bond acceptors (Lipinski definition) is 5. The number of aliphatic hydroxyl groups excluding tert-OH is 2. The second-order valence-electron chi connectivity index (χ2n) is 3.79. The normalized spacial score (nSPS) is 11.2. The van der Waals surface area contributed by atoms with Crippen LogP contribution in [-0.2, 0) is 0 Å². The first-order chi connectivity index (χ1) is 7.60. The van der Waals surface area contributed by atoms with Crippen molar-refractivity contribution in [2.45, 2.75) is 25.8 Å². The van der Waals surface area contributed by atoms with Gasteiger partial charge in [0.25, 0.3) is 0 Å². The number of anilines is 1. The highest BCUT2D eigenvalue weighted by atomic mass is 35.5. The van der Waals surface area contributed by atoms with Crippen LogP contribution in [0.3, 0.4) is 0 Å². The van der Waals surface area contributed by atoms with Crippen LogP contribution in [0.1, 0.15) is 25.3 Å². The van der Waals surface area contributed by atoms with E-state index in [0.29, 0.717) is 11.0 Å². The van der Waals surface area contributed by atoms with Gasteiger partial charge in [0, 0.05) is 5.56 Å². The Bertz CT molecular complexity index is 343. The third-order valence-electron chi connectivity index (χ3n) is 2.19. The number of nitrogens with one attached hydrogen (secondary N) is 1. The average molecular weight is 246 g/mol. The van der Waals surface area contributed by atoms with Gasteiger partial charge in [-0.05, 0) is 5.92 Å². The van der Waals surface area contributed by atoms with Crippen molar-refractivity contribution in [3.63, 3.8) is 0 Å². The van der Waals surface area contributed by atoms with Crippen molar-refractivity contribution >= 4 is 17.4 Å². The van der Waals surface area contributed by atoms with Crippen molar-refractivity contribution in [1.82, 2.24) is 9.97 Å². The predicted octanol–water partition coefficient (Wildman–Crippen LogP) is 1.02. The summed E-state index contributed by atoms with van der Waals surface area (Å²) in [6.45, 7) is 3.61. The van der Waals surface area contributed by atoms with E-state index in [1.54, 1.807) is 0 Å². The lowest BCUT2D eigenvalue weighted by Gasteiger charge is -2.18. The fraction of sp³-hybridized carbons (Fsp3) is 0.600. The predicted molar refractivity (Wildman–Crippen MR) is 62.7 cm³/mol. The van der Waals surface area contributed by atoms with Crippen LogP contribution >= 0.6 is 11.6 Å². The van der Waals surface area contributed by atoms with Gasteiger partial charge >= 0.3 is 0 Å². The van der Waals surface area contributed by atoms with Crippen LogP contribution in [0.25, 0.3) is 0 Å². The summed E-state index contributed by atoms with van der Waals surface area (Å²) in [5.74, 6) is 0.720. The maximum Gasteiger partial charge on any atom is 0.138 e. The Morgan fingerprint density at radius 3 is 2.44 bits per heavy atom. The zero-order valence-electron chi connectivity index (χ0n) is 9.31. The zero-order chi connectivity index (χ0) is 12.1. The van der Waals surface area contributed by atoms with Gasteiger partial charge in [0.1, 0.15) is 17.3 Å². The molecule has 3 N–H and O–H groups in total. The SMILES string of the molecule is CC(C)c1c(Cl)ncnc1NC(CO)CO. The van der Waals surface area contributed by atoms with Crippen molar-refractivity contribution in [2.75, 3.05) is 18.5 Å². The second-order valence-corrected chi connectivity index (χ2v) is 4.15. The molecule has 0 amide bonds. The van der Waals surface area contributed by atoms with Gasteiger partial charge < -0.3 is 15.5 Å². The summed E-state index contributed by atoms with van der Waals surface area (Å²) in [5.41, 5.74) is 0.788. The summed E-state index contributed by atoms with van der Waals surface area (Å²) in [4.78, 5) is 7.98. The topological polar surface area (TPSA) is 78.3 Å². The van der Waals surface area contributed by atoms with Crippen LogP contribution in [0.5, 0.6) is 0 Å². The van der Waals surface area contributed by atoms with Gasteiger partial charge in [0.05, 0.1) is 19.3 Å². The molecule has 1 aromatic heterocycles. The molecule has 0 atom stereocenters. The van der Waals surface area contributed by atoms with Gasteiger partial charge in [-0.2, -0.15) is 0 Å². The van der Waals surface area contributed by atoms with E-state index >= 15 is 0 Å². The minimum atomic E-state index is -0.441. The van der Waals surface area contributed by atoms with E-state index in [0.717, 1.165) is 5.56 Å². The molecule has 0 fully saturated rings. The quantitative estimate of drug-likeness (QED) is 0.675. The first kappa shape index (κ1) is 13.2. The van der Waals surface area contributed by atoms with E-state index in [4.69, 9.17) is 21.8 Å². The summed E-state index contributed by atoms with van der Waals surface area (Å²) < 4.78 is 0. The van der Waals surface area contributed by atoms with Crippen LogP contribution in [0.15, 0.2) is 6.33 Å². The van der Waals surface area contributed by atoms with Crippen LogP contribution < -0.4 is 5.32 Å². The molecule has 0 aliphatic heterocycles. The van der Waals surface area contributed by atoms with Crippen LogP contribution in [0.2, 0.25) is 5.15 Å². The Balaban J connectivity index is 2.99. The molecule has 0 aliphatic rings. The van der Waals surface area contributed by atoms with Crippen molar-refractivity contribution < 1.29 is 10.2 Å². The molecule has 0 saturated heterocycles. The summed E-state index contributed by atoms with van der Waals surface area (Å²) in [5, 5.41) is 21.3. The molecule has 1 heterocycles. The standard InChI is InChI=1S/C10H16ClN3O2/c1-6(2)8-9(11)12-5-13-10(8)14-7(3-15)4-16/h5-7,15-16H,3-4H2,1-2H3,(H,12,13,14). The molecule has 90 valence electrons. The summed E-state index contributed by atoms with van der Waals surface area (Å²) >= 11 is 5.98. The van der Waals surface area contributed by atoms with E-state index in [-0.39, 0.29) is 19.1 Å². The number of aromatic nitrogens is 2. The molecule has 16 heavy (non-hydrogen) atoms. The van der Waals surface area contributed by atoms with Crippen LogP contribution in [0.4, 0.5) is 5.82 Å². The molecular weight excluding hydrogens is 230 g/mol. The molecule has 0 unspecified atom stereocenters. The Morgan fingerprint density at radius 1 is 1.31 bits per heavy atom. The minimum Gasteiger partial charge on any atom is -0.394 e. The third kappa shape index (κ3) is 3.04. The van der Waals surface area contributed by atoms with Gasteiger partial charge in [-0.15, -0.1) is 0 Å². The molecule has 0 radical (unpaired) electrons. The largest absolute Gasteiger partial charge is 0.394 e. The van der Waals surface area contributed by atoms with Crippen molar-refractivity contribution in [3.05, 3.63) is 17.0 Å². The highest BCUT2D eigenvalue weighted by Crippen LogP contribution is 2.28. The molecule has 0 bridgehead atoms. The van der Waals surface area contributed by atoms with Crippen molar-refractivity contribution in [1.29, 1.82) is 0 Å². The molecule has 0 aromatic carbocycles. The van der Waals surface area contributed by atoms with Crippen LogP contribution in [0, 0.1) is 0 Å². The Hall–Kier alpha value is -0.910. The maximum atomic E-state index is 8.99. The molecule has 0 saturated carbocycles. The van der Waals surface area contributed by atoms with Gasteiger partial charge in [-0.3, -0.25) is 0 Å². The third-order valence-corrected chi connectivity index (χ3v) is 2.50. The summed E-state index contributed by atoms with van der Waals surface area (Å²) in [7, 11) is 0. The lowest BCUT2D eigenvalue weighted by atomic mass is 10.1. The molecule has 6 heteroatoms. The van der Waals surface area contributed by atoms with Gasteiger partial charge in [0.15, 0.2) is 0 Å². The highest BCUT2D eigenvalue weighted by molar-refractivity contribution is 6.30. The van der Waals surface area contributed by atoms with E-state index in [1.807, 2.05) is 13.8 Å². The molecule has 0 spiro atoms. The smallest absolute Gasteiger partial charge is 0.138 e. The second kappa shape index (κ2) is 5.98. The van der Waals surface area contributed by atoms with Crippen molar-refractivity contribution in [3.8, 4) is 0 Å². The molecule has 1 aromatic rings. The molecule has 1 rings (SSSR count).